The Bertz CT molecular complexity index is 1580. The van der Waals surface area contributed by atoms with Gasteiger partial charge in [-0.25, -0.2) is 0 Å². The Labute approximate surface area is 245 Å². The van der Waals surface area contributed by atoms with E-state index in [1.54, 1.807) is 18.2 Å². The molecule has 3 N–H and O–H groups in total. The Morgan fingerprint density at radius 2 is 1.71 bits per heavy atom. The van der Waals surface area contributed by atoms with E-state index in [2.05, 4.69) is 21.4 Å². The fraction of sp³-hybridized carbons (Fsp3) is 0.250. The van der Waals surface area contributed by atoms with Gasteiger partial charge in [-0.2, -0.15) is 15.2 Å². The molecule has 0 atom stereocenters. The maximum Gasteiger partial charge on any atom is 0.327 e. The third kappa shape index (κ3) is 8.35. The molecule has 1 heterocycles. The predicted octanol–water partition coefficient (Wildman–Crippen LogP) is 6.41. The molecule has 10 nitrogen and oxygen atoms in total. The van der Waals surface area contributed by atoms with E-state index in [-0.39, 0.29) is 35.7 Å². The third-order valence-corrected chi connectivity index (χ3v) is 5.84. The number of rotatable bonds is 11. The van der Waals surface area contributed by atoms with Crippen LogP contribution in [0.4, 0.5) is 11.5 Å². The van der Waals surface area contributed by atoms with Crippen molar-refractivity contribution in [1.82, 2.24) is 9.97 Å². The molecule has 0 radical (unpaired) electrons. The zero-order valence-electron chi connectivity index (χ0n) is 24.0. The Morgan fingerprint density at radius 3 is 2.43 bits per heavy atom. The van der Waals surface area contributed by atoms with Crippen LogP contribution >= 0.6 is 0 Å². The second-order valence-corrected chi connectivity index (χ2v) is 10.3. The first-order valence-electron chi connectivity index (χ1n) is 13.3. The molecule has 0 aliphatic carbocycles. The first-order chi connectivity index (χ1) is 20.1. The SMILES string of the molecule is COc1ccc(C#N)cc1Oc1nc(NCc2ccccc2)c(N)c(Oc2cccc(CCC(=O)OC(C)(C)C)c2)n1. The molecule has 0 saturated carbocycles. The van der Waals surface area contributed by atoms with E-state index < -0.39 is 5.60 Å². The van der Waals surface area contributed by atoms with Crippen molar-refractivity contribution < 1.29 is 23.7 Å². The number of nitrogens with two attached hydrogens (primary N) is 1. The molecule has 10 heteroatoms. The summed E-state index contributed by atoms with van der Waals surface area (Å²) >= 11 is 0. The van der Waals surface area contributed by atoms with Crippen molar-refractivity contribution in [2.75, 3.05) is 18.2 Å². The lowest BCUT2D eigenvalue weighted by Crippen LogP contribution is -2.24. The van der Waals surface area contributed by atoms with Gasteiger partial charge in [0.2, 0.25) is 0 Å². The number of aryl methyl sites for hydroxylation is 1. The van der Waals surface area contributed by atoms with Crippen LogP contribution in [-0.2, 0) is 22.5 Å². The Hall–Kier alpha value is -5.30. The Kier molecular flexibility index (Phi) is 9.45. The van der Waals surface area contributed by atoms with Crippen LogP contribution in [-0.4, -0.2) is 28.6 Å². The molecule has 0 spiro atoms. The number of carbonyl (C=O) groups is 1. The molecular weight excluding hydrogens is 534 g/mol. The van der Waals surface area contributed by atoms with Gasteiger partial charge in [0, 0.05) is 19.0 Å². The summed E-state index contributed by atoms with van der Waals surface area (Å²) < 4.78 is 22.9. The molecule has 0 aliphatic rings. The first kappa shape index (κ1) is 29.7. The standard InChI is InChI=1S/C32H33N5O5/c1-32(2,3)42-27(38)16-14-21-11-8-12-24(17-21)40-30-28(34)29(35-20-22-9-6-5-7-10-22)36-31(37-30)41-26-18-23(19-33)13-15-25(26)39-4/h5-13,15,17-18H,14,16,20,34H2,1-4H3,(H,35,36,37). The number of nitrogen functional groups attached to an aromatic ring is 1. The molecule has 4 aromatic rings. The monoisotopic (exact) mass is 567 g/mol. The Morgan fingerprint density at radius 1 is 0.952 bits per heavy atom. The minimum Gasteiger partial charge on any atom is -0.493 e. The number of esters is 1. The van der Waals surface area contributed by atoms with Crippen molar-refractivity contribution in [3.8, 4) is 35.2 Å². The van der Waals surface area contributed by atoms with E-state index in [0.717, 1.165) is 11.1 Å². The number of methoxy groups -OCH3 is 1. The molecule has 4 rings (SSSR count). The minimum absolute atomic E-state index is 0.0651. The van der Waals surface area contributed by atoms with Gasteiger partial charge in [-0.15, -0.1) is 0 Å². The van der Waals surface area contributed by atoms with Gasteiger partial charge in [-0.05, 0) is 62.6 Å². The van der Waals surface area contributed by atoms with Gasteiger partial charge >= 0.3 is 12.0 Å². The van der Waals surface area contributed by atoms with Gasteiger partial charge in [0.05, 0.1) is 18.7 Å². The van der Waals surface area contributed by atoms with Gasteiger partial charge in [-0.1, -0.05) is 42.5 Å². The summed E-state index contributed by atoms with van der Waals surface area (Å²) in [6, 6.07) is 23.8. The van der Waals surface area contributed by atoms with Crippen molar-refractivity contribution in [2.45, 2.75) is 45.8 Å². The van der Waals surface area contributed by atoms with Crippen LogP contribution in [0, 0.1) is 11.3 Å². The third-order valence-electron chi connectivity index (χ3n) is 5.84. The van der Waals surface area contributed by atoms with E-state index in [0.29, 0.717) is 35.8 Å². The lowest BCUT2D eigenvalue weighted by atomic mass is 10.1. The molecule has 42 heavy (non-hydrogen) atoms. The highest BCUT2D eigenvalue weighted by atomic mass is 16.6. The fourth-order valence-corrected chi connectivity index (χ4v) is 3.91. The summed E-state index contributed by atoms with van der Waals surface area (Å²) in [7, 11) is 1.50. The Balaban J connectivity index is 1.61. The highest BCUT2D eigenvalue weighted by Crippen LogP contribution is 2.36. The number of nitrogens with one attached hydrogen (secondary N) is 1. The largest absolute Gasteiger partial charge is 0.493 e. The second kappa shape index (κ2) is 13.4. The van der Waals surface area contributed by atoms with Crippen LogP contribution in [0.3, 0.4) is 0 Å². The van der Waals surface area contributed by atoms with Crippen LogP contribution in [0.1, 0.15) is 43.9 Å². The molecule has 0 unspecified atom stereocenters. The number of hydrogen-bond acceptors (Lipinski definition) is 10. The smallest absolute Gasteiger partial charge is 0.327 e. The van der Waals surface area contributed by atoms with Crippen LogP contribution in [0.15, 0.2) is 72.8 Å². The van der Waals surface area contributed by atoms with Crippen LogP contribution < -0.4 is 25.3 Å². The molecule has 0 saturated heterocycles. The number of anilines is 2. The van der Waals surface area contributed by atoms with Crippen molar-refractivity contribution in [1.29, 1.82) is 5.26 Å². The predicted molar refractivity (Wildman–Crippen MR) is 159 cm³/mol. The molecule has 0 fully saturated rings. The van der Waals surface area contributed by atoms with Gasteiger partial charge in [-0.3, -0.25) is 4.79 Å². The van der Waals surface area contributed by atoms with E-state index in [1.165, 1.54) is 13.2 Å². The highest BCUT2D eigenvalue weighted by molar-refractivity contribution is 5.70. The first-order valence-corrected chi connectivity index (χ1v) is 13.3. The topological polar surface area (TPSA) is 142 Å². The van der Waals surface area contributed by atoms with E-state index in [1.807, 2.05) is 69.3 Å². The average molecular weight is 568 g/mol. The number of nitrogens with zero attached hydrogens (tertiary/aromatic N) is 3. The highest BCUT2D eigenvalue weighted by Gasteiger charge is 2.19. The quantitative estimate of drug-likeness (QED) is 0.195. The van der Waals surface area contributed by atoms with Crippen molar-refractivity contribution in [3.05, 3.63) is 89.5 Å². The molecule has 1 aromatic heterocycles. The molecule has 216 valence electrons. The van der Waals surface area contributed by atoms with Crippen LogP contribution in [0.5, 0.6) is 29.1 Å². The van der Waals surface area contributed by atoms with E-state index in [4.69, 9.17) is 24.7 Å². The zero-order valence-corrected chi connectivity index (χ0v) is 24.0. The fourth-order valence-electron chi connectivity index (χ4n) is 3.91. The maximum atomic E-state index is 12.2. The zero-order chi connectivity index (χ0) is 30.1. The number of benzene rings is 3. The molecule has 0 amide bonds. The summed E-state index contributed by atoms with van der Waals surface area (Å²) in [5.74, 6) is 1.20. The van der Waals surface area contributed by atoms with Crippen molar-refractivity contribution in [2.24, 2.45) is 0 Å². The van der Waals surface area contributed by atoms with Gasteiger partial charge in [0.15, 0.2) is 17.3 Å². The van der Waals surface area contributed by atoms with Gasteiger partial charge in [0.25, 0.3) is 5.88 Å². The van der Waals surface area contributed by atoms with Crippen molar-refractivity contribution >= 4 is 17.5 Å². The van der Waals surface area contributed by atoms with Gasteiger partial charge < -0.3 is 30.0 Å². The molecule has 0 aliphatic heterocycles. The summed E-state index contributed by atoms with van der Waals surface area (Å²) in [6.45, 7) is 5.95. The molecule has 0 bridgehead atoms. The molecule has 3 aromatic carbocycles. The van der Waals surface area contributed by atoms with Crippen LogP contribution in [0.2, 0.25) is 0 Å². The number of carbonyl (C=O) groups excluding carboxylic acids is 1. The lowest BCUT2D eigenvalue weighted by molar-refractivity contribution is -0.154. The summed E-state index contributed by atoms with van der Waals surface area (Å²) in [6.07, 6.45) is 0.699. The van der Waals surface area contributed by atoms with Gasteiger partial charge in [0.1, 0.15) is 17.0 Å². The van der Waals surface area contributed by atoms with Crippen molar-refractivity contribution in [3.63, 3.8) is 0 Å². The number of aromatic nitrogens is 2. The summed E-state index contributed by atoms with van der Waals surface area (Å²) in [5, 5.41) is 12.6. The summed E-state index contributed by atoms with van der Waals surface area (Å²) in [4.78, 5) is 21.1. The number of ether oxygens (including phenoxy) is 4. The van der Waals surface area contributed by atoms with E-state index >= 15 is 0 Å². The average Bonchev–Trinajstić information content (AvgIpc) is 2.96. The number of nitriles is 1. The lowest BCUT2D eigenvalue weighted by Gasteiger charge is -2.19. The molecular formula is C32H33N5O5. The maximum absolute atomic E-state index is 12.2. The van der Waals surface area contributed by atoms with Crippen LogP contribution in [0.25, 0.3) is 0 Å². The normalized spacial score (nSPS) is 10.8. The number of hydrogen-bond donors (Lipinski definition) is 2. The minimum atomic E-state index is -0.543. The summed E-state index contributed by atoms with van der Waals surface area (Å²) in [5.41, 5.74) is 8.36. The second-order valence-electron chi connectivity index (χ2n) is 10.3. The van der Waals surface area contributed by atoms with E-state index in [9.17, 15) is 10.1 Å².